The van der Waals surface area contributed by atoms with Gasteiger partial charge in [0.05, 0.1) is 6.61 Å². The molecule has 1 unspecified atom stereocenters. The van der Waals surface area contributed by atoms with Gasteiger partial charge in [-0.05, 0) is 31.3 Å². The maximum Gasteiger partial charge on any atom is 0.323 e. The lowest BCUT2D eigenvalue weighted by Gasteiger charge is -2.19. The number of ether oxygens (including phenoxy) is 1. The number of carbonyl (C=O) groups is 1. The molecule has 108 valence electrons. The molecule has 0 fully saturated rings. The summed E-state index contributed by atoms with van der Waals surface area (Å²) in [6.07, 6.45) is 4.70. The van der Waals surface area contributed by atoms with Gasteiger partial charge in [0.25, 0.3) is 0 Å². The van der Waals surface area contributed by atoms with Gasteiger partial charge in [0.15, 0.2) is 0 Å². The van der Waals surface area contributed by atoms with Gasteiger partial charge in [-0.25, -0.2) is 0 Å². The third kappa shape index (κ3) is 9.77. The topological polar surface area (TPSA) is 38.3 Å². The van der Waals surface area contributed by atoms with Crippen molar-refractivity contribution in [2.24, 2.45) is 0 Å². The lowest BCUT2D eigenvalue weighted by molar-refractivity contribution is -0.145. The highest BCUT2D eigenvalue weighted by molar-refractivity contribution is 7.99. The van der Waals surface area contributed by atoms with Gasteiger partial charge in [-0.15, -0.1) is 0 Å². The molecule has 0 aliphatic rings. The zero-order valence-electron chi connectivity index (χ0n) is 12.3. The number of unbranched alkanes of at least 4 members (excludes halogenated alkanes) is 2. The minimum absolute atomic E-state index is 0.111. The summed E-state index contributed by atoms with van der Waals surface area (Å²) >= 11 is 1.94. The molecule has 0 aromatic heterocycles. The number of hydrogen-bond donors (Lipinski definition) is 1. The van der Waals surface area contributed by atoms with Crippen molar-refractivity contribution >= 4 is 17.7 Å². The Balaban J connectivity index is 3.82. The molecule has 1 N–H and O–H groups in total. The van der Waals surface area contributed by atoms with Gasteiger partial charge in [0.2, 0.25) is 0 Å². The van der Waals surface area contributed by atoms with Crippen LogP contribution in [0.2, 0.25) is 0 Å². The lowest BCUT2D eigenvalue weighted by atomic mass is 10.2. The standard InChI is InChI=1S/C14H29NO2S/c1-5-7-8-10-18-11-9-13(15-12(3)4)14(16)17-6-2/h12-13,15H,5-11H2,1-4H3. The molecule has 0 rings (SSSR count). The molecule has 0 aliphatic heterocycles. The van der Waals surface area contributed by atoms with Crippen LogP contribution in [0.5, 0.6) is 0 Å². The summed E-state index contributed by atoms with van der Waals surface area (Å²) in [5.74, 6) is 2.11. The summed E-state index contributed by atoms with van der Waals surface area (Å²) in [5.41, 5.74) is 0. The Hall–Kier alpha value is -0.220. The van der Waals surface area contributed by atoms with E-state index in [4.69, 9.17) is 4.74 Å². The van der Waals surface area contributed by atoms with Crippen LogP contribution in [0.4, 0.5) is 0 Å². The predicted octanol–water partition coefficient (Wildman–Crippen LogP) is 3.23. The van der Waals surface area contributed by atoms with E-state index in [1.54, 1.807) is 0 Å². The van der Waals surface area contributed by atoms with Crippen molar-refractivity contribution in [1.82, 2.24) is 5.32 Å². The van der Waals surface area contributed by atoms with Crippen molar-refractivity contribution in [2.45, 2.75) is 65.5 Å². The molecule has 0 aromatic carbocycles. The van der Waals surface area contributed by atoms with E-state index in [1.807, 2.05) is 18.7 Å². The number of esters is 1. The van der Waals surface area contributed by atoms with Crippen molar-refractivity contribution in [1.29, 1.82) is 0 Å². The summed E-state index contributed by atoms with van der Waals surface area (Å²) in [5, 5.41) is 3.28. The van der Waals surface area contributed by atoms with Gasteiger partial charge >= 0.3 is 5.97 Å². The zero-order chi connectivity index (χ0) is 13.8. The molecular weight excluding hydrogens is 246 g/mol. The molecule has 4 heteroatoms. The van der Waals surface area contributed by atoms with E-state index in [2.05, 4.69) is 26.1 Å². The minimum Gasteiger partial charge on any atom is -0.465 e. The molecular formula is C14H29NO2S. The fraction of sp³-hybridized carbons (Fsp3) is 0.929. The van der Waals surface area contributed by atoms with Crippen LogP contribution in [-0.2, 0) is 9.53 Å². The maximum absolute atomic E-state index is 11.8. The summed E-state index contributed by atoms with van der Waals surface area (Å²) in [6.45, 7) is 8.64. The fourth-order valence-corrected chi connectivity index (χ4v) is 2.69. The van der Waals surface area contributed by atoms with E-state index in [0.717, 1.165) is 12.2 Å². The second kappa shape index (κ2) is 11.8. The molecule has 0 saturated heterocycles. The van der Waals surface area contributed by atoms with E-state index < -0.39 is 0 Å². The third-order valence-corrected chi connectivity index (χ3v) is 3.65. The monoisotopic (exact) mass is 275 g/mol. The summed E-state index contributed by atoms with van der Waals surface area (Å²) in [7, 11) is 0. The second-order valence-corrected chi connectivity index (χ2v) is 5.96. The van der Waals surface area contributed by atoms with Crippen LogP contribution in [0.25, 0.3) is 0 Å². The van der Waals surface area contributed by atoms with E-state index in [-0.39, 0.29) is 12.0 Å². The molecule has 0 radical (unpaired) electrons. The SMILES string of the molecule is CCCCCSCCC(NC(C)C)C(=O)OCC. The number of nitrogens with one attached hydrogen (secondary N) is 1. The van der Waals surface area contributed by atoms with Crippen LogP contribution in [0.1, 0.15) is 53.4 Å². The molecule has 1 atom stereocenters. The Bertz CT molecular complexity index is 210. The van der Waals surface area contributed by atoms with E-state index in [9.17, 15) is 4.79 Å². The Morgan fingerprint density at radius 1 is 1.22 bits per heavy atom. The smallest absolute Gasteiger partial charge is 0.323 e. The predicted molar refractivity (Wildman–Crippen MR) is 80.2 cm³/mol. The third-order valence-electron chi connectivity index (χ3n) is 2.55. The van der Waals surface area contributed by atoms with Crippen LogP contribution in [0, 0.1) is 0 Å². The lowest BCUT2D eigenvalue weighted by Crippen LogP contribution is -2.42. The molecule has 0 spiro atoms. The van der Waals surface area contributed by atoms with Gasteiger partial charge < -0.3 is 10.1 Å². The van der Waals surface area contributed by atoms with E-state index in [0.29, 0.717) is 12.6 Å². The normalized spacial score (nSPS) is 12.7. The van der Waals surface area contributed by atoms with E-state index in [1.165, 1.54) is 25.0 Å². The average Bonchev–Trinajstić information content (AvgIpc) is 2.32. The summed E-state index contributed by atoms with van der Waals surface area (Å²) in [6, 6.07) is 0.160. The van der Waals surface area contributed by atoms with Gasteiger partial charge in [-0.3, -0.25) is 4.79 Å². The first kappa shape index (κ1) is 17.8. The first-order valence-electron chi connectivity index (χ1n) is 7.12. The van der Waals surface area contributed by atoms with Crippen molar-refractivity contribution in [2.75, 3.05) is 18.1 Å². The molecule has 18 heavy (non-hydrogen) atoms. The van der Waals surface area contributed by atoms with Crippen molar-refractivity contribution < 1.29 is 9.53 Å². The van der Waals surface area contributed by atoms with Crippen molar-refractivity contribution in [3.8, 4) is 0 Å². The van der Waals surface area contributed by atoms with Gasteiger partial charge in [0.1, 0.15) is 6.04 Å². The average molecular weight is 275 g/mol. The molecule has 0 aliphatic carbocycles. The van der Waals surface area contributed by atoms with Gasteiger partial charge in [0, 0.05) is 6.04 Å². The first-order valence-corrected chi connectivity index (χ1v) is 8.27. The van der Waals surface area contributed by atoms with Crippen LogP contribution in [0.15, 0.2) is 0 Å². The van der Waals surface area contributed by atoms with Crippen LogP contribution >= 0.6 is 11.8 Å². The Morgan fingerprint density at radius 2 is 1.94 bits per heavy atom. The molecule has 0 amide bonds. The van der Waals surface area contributed by atoms with Gasteiger partial charge in [-0.1, -0.05) is 33.6 Å². The summed E-state index contributed by atoms with van der Waals surface area (Å²) in [4.78, 5) is 11.8. The molecule has 0 heterocycles. The Labute approximate surface area is 116 Å². The number of hydrogen-bond acceptors (Lipinski definition) is 4. The van der Waals surface area contributed by atoms with Crippen LogP contribution in [-0.4, -0.2) is 36.2 Å². The molecule has 0 aromatic rings. The highest BCUT2D eigenvalue weighted by Crippen LogP contribution is 2.10. The number of rotatable bonds is 11. The van der Waals surface area contributed by atoms with Crippen molar-refractivity contribution in [3.63, 3.8) is 0 Å². The second-order valence-electron chi connectivity index (χ2n) is 4.73. The number of carbonyl (C=O) groups excluding carboxylic acids is 1. The first-order chi connectivity index (χ1) is 8.61. The summed E-state index contributed by atoms with van der Waals surface area (Å²) < 4.78 is 5.09. The minimum atomic E-state index is -0.149. The molecule has 3 nitrogen and oxygen atoms in total. The van der Waals surface area contributed by atoms with Crippen LogP contribution in [0.3, 0.4) is 0 Å². The highest BCUT2D eigenvalue weighted by atomic mass is 32.2. The number of thioether (sulfide) groups is 1. The largest absolute Gasteiger partial charge is 0.465 e. The van der Waals surface area contributed by atoms with E-state index >= 15 is 0 Å². The Kier molecular flexibility index (Phi) is 11.7. The molecule has 0 saturated carbocycles. The van der Waals surface area contributed by atoms with Crippen LogP contribution < -0.4 is 5.32 Å². The maximum atomic E-state index is 11.8. The highest BCUT2D eigenvalue weighted by Gasteiger charge is 2.19. The Morgan fingerprint density at radius 3 is 2.50 bits per heavy atom. The zero-order valence-corrected chi connectivity index (χ0v) is 13.1. The molecule has 0 bridgehead atoms. The quantitative estimate of drug-likeness (QED) is 0.464. The van der Waals surface area contributed by atoms with Gasteiger partial charge in [-0.2, -0.15) is 11.8 Å². The fourth-order valence-electron chi connectivity index (χ4n) is 1.67. The van der Waals surface area contributed by atoms with Crippen molar-refractivity contribution in [3.05, 3.63) is 0 Å².